The van der Waals surface area contributed by atoms with Crippen LogP contribution < -0.4 is 10.3 Å². The van der Waals surface area contributed by atoms with Gasteiger partial charge >= 0.3 is 0 Å². The van der Waals surface area contributed by atoms with Crippen LogP contribution in [0.4, 0.5) is 0 Å². The molecule has 2 aromatic heterocycles. The van der Waals surface area contributed by atoms with Crippen molar-refractivity contribution >= 4 is 5.65 Å². The number of nitrogens with zero attached hydrogens (tertiary/aromatic N) is 2. The van der Waals surface area contributed by atoms with Gasteiger partial charge in [0.1, 0.15) is 11.4 Å². The molecule has 0 fully saturated rings. The van der Waals surface area contributed by atoms with Crippen molar-refractivity contribution in [2.75, 3.05) is 7.11 Å². The Hall–Kier alpha value is -2.62. The molecule has 0 radical (unpaired) electrons. The number of rotatable bonds is 2. The number of benzene rings is 1. The summed E-state index contributed by atoms with van der Waals surface area (Å²) in [5.74, 6) is 0.679. The first-order valence-corrected chi connectivity index (χ1v) is 6.32. The SMILES string of the molecule is COc1ccn2c(=O)cc(-c3ccccc3C)nc2c1. The Balaban J connectivity index is 2.28. The Morgan fingerprint density at radius 2 is 1.95 bits per heavy atom. The van der Waals surface area contributed by atoms with Gasteiger partial charge in [-0.3, -0.25) is 9.20 Å². The van der Waals surface area contributed by atoms with Gasteiger partial charge in [0.25, 0.3) is 5.56 Å². The van der Waals surface area contributed by atoms with E-state index < -0.39 is 0 Å². The number of methoxy groups -OCH3 is 1. The van der Waals surface area contributed by atoms with Crippen LogP contribution in [-0.4, -0.2) is 16.5 Å². The second-order valence-electron chi connectivity index (χ2n) is 4.59. The van der Waals surface area contributed by atoms with Gasteiger partial charge in [-0.05, 0) is 18.6 Å². The maximum absolute atomic E-state index is 12.2. The third-order valence-electron chi connectivity index (χ3n) is 3.30. The van der Waals surface area contributed by atoms with Crippen LogP contribution in [-0.2, 0) is 0 Å². The standard InChI is InChI=1S/C16H14N2O2/c1-11-5-3-4-6-13(11)14-10-16(19)18-8-7-12(20-2)9-15(18)17-14/h3-10H,1-2H3. The van der Waals surface area contributed by atoms with E-state index in [1.165, 1.54) is 4.40 Å². The van der Waals surface area contributed by atoms with Gasteiger partial charge in [0.05, 0.1) is 12.8 Å². The average Bonchev–Trinajstić information content (AvgIpc) is 2.47. The first-order chi connectivity index (χ1) is 9.69. The first kappa shape index (κ1) is 12.4. The van der Waals surface area contributed by atoms with Gasteiger partial charge < -0.3 is 4.74 Å². The van der Waals surface area contributed by atoms with Crippen molar-refractivity contribution in [3.8, 4) is 17.0 Å². The lowest BCUT2D eigenvalue weighted by molar-refractivity contribution is 0.414. The maximum Gasteiger partial charge on any atom is 0.258 e. The van der Waals surface area contributed by atoms with Crippen molar-refractivity contribution < 1.29 is 4.74 Å². The largest absolute Gasteiger partial charge is 0.497 e. The van der Waals surface area contributed by atoms with Crippen molar-refractivity contribution in [1.29, 1.82) is 0 Å². The Kier molecular flexibility index (Phi) is 2.99. The molecule has 0 atom stereocenters. The van der Waals surface area contributed by atoms with Crippen LogP contribution >= 0.6 is 0 Å². The lowest BCUT2D eigenvalue weighted by Gasteiger charge is -2.07. The van der Waals surface area contributed by atoms with E-state index >= 15 is 0 Å². The molecule has 0 bridgehead atoms. The van der Waals surface area contributed by atoms with Crippen LogP contribution in [0.5, 0.6) is 5.75 Å². The number of hydrogen-bond donors (Lipinski definition) is 0. The van der Waals surface area contributed by atoms with Crippen molar-refractivity contribution in [2.24, 2.45) is 0 Å². The second kappa shape index (κ2) is 4.81. The molecular weight excluding hydrogens is 252 g/mol. The zero-order valence-corrected chi connectivity index (χ0v) is 11.3. The van der Waals surface area contributed by atoms with E-state index in [9.17, 15) is 4.79 Å². The fraction of sp³-hybridized carbons (Fsp3) is 0.125. The number of pyridine rings is 1. The third kappa shape index (κ3) is 2.05. The highest BCUT2D eigenvalue weighted by Crippen LogP contribution is 2.21. The molecule has 0 unspecified atom stereocenters. The molecule has 4 heteroatoms. The maximum atomic E-state index is 12.2. The lowest BCUT2D eigenvalue weighted by Crippen LogP contribution is -2.14. The van der Waals surface area contributed by atoms with Gasteiger partial charge in [0, 0.05) is 23.9 Å². The van der Waals surface area contributed by atoms with E-state index in [4.69, 9.17) is 4.74 Å². The van der Waals surface area contributed by atoms with E-state index in [1.54, 1.807) is 31.5 Å². The van der Waals surface area contributed by atoms with Crippen molar-refractivity contribution in [3.63, 3.8) is 0 Å². The quantitative estimate of drug-likeness (QED) is 0.716. The van der Waals surface area contributed by atoms with E-state index in [1.807, 2.05) is 31.2 Å². The number of hydrogen-bond acceptors (Lipinski definition) is 3. The summed E-state index contributed by atoms with van der Waals surface area (Å²) in [6.07, 6.45) is 1.67. The summed E-state index contributed by atoms with van der Waals surface area (Å²) in [6, 6.07) is 12.9. The number of aromatic nitrogens is 2. The normalized spacial score (nSPS) is 10.7. The topological polar surface area (TPSA) is 43.6 Å². The highest BCUT2D eigenvalue weighted by atomic mass is 16.5. The Morgan fingerprint density at radius 1 is 1.15 bits per heavy atom. The minimum absolute atomic E-state index is 0.101. The second-order valence-corrected chi connectivity index (χ2v) is 4.59. The van der Waals surface area contributed by atoms with Gasteiger partial charge in [-0.1, -0.05) is 24.3 Å². The molecule has 0 saturated carbocycles. The smallest absolute Gasteiger partial charge is 0.258 e. The summed E-state index contributed by atoms with van der Waals surface area (Å²) in [6.45, 7) is 2.00. The minimum atomic E-state index is -0.101. The van der Waals surface area contributed by atoms with Gasteiger partial charge in [-0.2, -0.15) is 0 Å². The minimum Gasteiger partial charge on any atom is -0.497 e. The highest BCUT2D eigenvalue weighted by Gasteiger charge is 2.07. The number of ether oxygens (including phenoxy) is 1. The van der Waals surface area contributed by atoms with Gasteiger partial charge in [-0.25, -0.2) is 4.98 Å². The van der Waals surface area contributed by atoms with Crippen LogP contribution in [0.3, 0.4) is 0 Å². The molecule has 3 aromatic rings. The zero-order chi connectivity index (χ0) is 14.1. The van der Waals surface area contributed by atoms with Gasteiger partial charge in [-0.15, -0.1) is 0 Å². The van der Waals surface area contributed by atoms with E-state index in [-0.39, 0.29) is 5.56 Å². The summed E-state index contributed by atoms with van der Waals surface area (Å²) < 4.78 is 6.68. The molecule has 0 aliphatic carbocycles. The lowest BCUT2D eigenvalue weighted by atomic mass is 10.1. The van der Waals surface area contributed by atoms with E-state index in [0.29, 0.717) is 17.1 Å². The molecule has 0 aliphatic rings. The molecule has 0 saturated heterocycles. The summed E-state index contributed by atoms with van der Waals surface area (Å²) in [7, 11) is 1.59. The molecule has 0 aliphatic heterocycles. The fourth-order valence-corrected chi connectivity index (χ4v) is 2.21. The summed E-state index contributed by atoms with van der Waals surface area (Å²) >= 11 is 0. The van der Waals surface area contributed by atoms with Crippen molar-refractivity contribution in [3.05, 3.63) is 64.6 Å². The van der Waals surface area contributed by atoms with Crippen LogP contribution in [0.1, 0.15) is 5.56 Å². The number of aryl methyl sites for hydroxylation is 1. The molecule has 0 amide bonds. The molecule has 3 rings (SSSR count). The molecule has 0 spiro atoms. The Bertz CT molecular complexity index is 837. The summed E-state index contributed by atoms with van der Waals surface area (Å²) in [5.41, 5.74) is 3.22. The van der Waals surface area contributed by atoms with E-state index in [0.717, 1.165) is 11.1 Å². The van der Waals surface area contributed by atoms with E-state index in [2.05, 4.69) is 4.98 Å². The molecular formula is C16H14N2O2. The molecule has 100 valence electrons. The van der Waals surface area contributed by atoms with Crippen LogP contribution in [0.15, 0.2) is 53.5 Å². The van der Waals surface area contributed by atoms with Crippen LogP contribution in [0, 0.1) is 6.92 Å². The highest BCUT2D eigenvalue weighted by molar-refractivity contribution is 5.65. The summed E-state index contributed by atoms with van der Waals surface area (Å²) in [4.78, 5) is 16.7. The van der Waals surface area contributed by atoms with Crippen molar-refractivity contribution in [2.45, 2.75) is 6.92 Å². The monoisotopic (exact) mass is 266 g/mol. The fourth-order valence-electron chi connectivity index (χ4n) is 2.21. The molecule has 2 heterocycles. The molecule has 4 nitrogen and oxygen atoms in total. The third-order valence-corrected chi connectivity index (χ3v) is 3.30. The van der Waals surface area contributed by atoms with Crippen LogP contribution in [0.25, 0.3) is 16.9 Å². The molecule has 20 heavy (non-hydrogen) atoms. The molecule has 0 N–H and O–H groups in total. The Morgan fingerprint density at radius 3 is 2.70 bits per heavy atom. The number of fused-ring (bicyclic) bond motifs is 1. The van der Waals surface area contributed by atoms with Crippen LogP contribution in [0.2, 0.25) is 0 Å². The summed E-state index contributed by atoms with van der Waals surface area (Å²) in [5, 5.41) is 0. The Labute approximate surface area is 116 Å². The molecule has 1 aromatic carbocycles. The zero-order valence-electron chi connectivity index (χ0n) is 11.3. The predicted molar refractivity (Wildman–Crippen MR) is 78.2 cm³/mol. The van der Waals surface area contributed by atoms with Crippen molar-refractivity contribution in [1.82, 2.24) is 9.38 Å². The average molecular weight is 266 g/mol. The van der Waals surface area contributed by atoms with Gasteiger partial charge in [0.15, 0.2) is 0 Å². The first-order valence-electron chi connectivity index (χ1n) is 6.32. The predicted octanol–water partition coefficient (Wildman–Crippen LogP) is 2.68. The van der Waals surface area contributed by atoms with Gasteiger partial charge in [0.2, 0.25) is 0 Å².